The molecule has 0 radical (unpaired) electrons. The molecule has 5 N–H and O–H groups in total. The standard InChI is InChI=1S/C31H56N6O6S/c1-18(2)13-25(27(38)15-21(7)28(39)34-26(14-19(3)4)30(41)32-20(5)6)33-29(40)24(11-12-44-10)35-31(42)43-17-37-23(9)16-22(8)36-37/h16,18-21,24-27,38H,11-15,17H2,1-10H3,(H,32,41)(H,33,40)(H,34,39)(H,35,42)/t21-,24+,25+,26+,27+/m1/s1. The number of aliphatic hydroxyl groups is 1. The lowest BCUT2D eigenvalue weighted by molar-refractivity contribution is -0.132. The van der Waals surface area contributed by atoms with E-state index in [-0.39, 0.29) is 42.8 Å². The van der Waals surface area contributed by atoms with Crippen molar-refractivity contribution in [1.29, 1.82) is 0 Å². The number of nitrogens with zero attached hydrogens (tertiary/aromatic N) is 2. The van der Waals surface area contributed by atoms with Gasteiger partial charge in [0.15, 0.2) is 6.73 Å². The Balaban J connectivity index is 2.91. The molecule has 44 heavy (non-hydrogen) atoms. The summed E-state index contributed by atoms with van der Waals surface area (Å²) in [5, 5.41) is 26.8. The molecule has 1 rings (SSSR count). The van der Waals surface area contributed by atoms with Gasteiger partial charge in [-0.15, -0.1) is 0 Å². The molecule has 1 aromatic heterocycles. The first-order chi connectivity index (χ1) is 20.5. The second-order valence-corrected chi connectivity index (χ2v) is 13.8. The maximum atomic E-state index is 13.4. The lowest BCUT2D eigenvalue weighted by Crippen LogP contribution is -2.54. The van der Waals surface area contributed by atoms with Crippen molar-refractivity contribution in [2.24, 2.45) is 17.8 Å². The van der Waals surface area contributed by atoms with Crippen LogP contribution < -0.4 is 21.3 Å². The molecule has 0 aliphatic carbocycles. The Hall–Kier alpha value is -2.80. The fourth-order valence-electron chi connectivity index (χ4n) is 4.75. The zero-order valence-electron chi connectivity index (χ0n) is 28.2. The number of carbonyl (C=O) groups excluding carboxylic acids is 4. The van der Waals surface area contributed by atoms with Gasteiger partial charge in [-0.2, -0.15) is 16.9 Å². The third kappa shape index (κ3) is 14.8. The van der Waals surface area contributed by atoms with Gasteiger partial charge in [0.05, 0.1) is 17.8 Å². The number of aryl methyl sites for hydroxylation is 2. The third-order valence-electron chi connectivity index (χ3n) is 6.97. The van der Waals surface area contributed by atoms with Gasteiger partial charge in [0.1, 0.15) is 12.1 Å². The van der Waals surface area contributed by atoms with Gasteiger partial charge >= 0.3 is 6.09 Å². The summed E-state index contributed by atoms with van der Waals surface area (Å²) in [4.78, 5) is 51.8. The minimum atomic E-state index is -1.03. The van der Waals surface area contributed by atoms with Crippen LogP contribution in [0.25, 0.3) is 0 Å². The highest BCUT2D eigenvalue weighted by molar-refractivity contribution is 7.98. The summed E-state index contributed by atoms with van der Waals surface area (Å²) in [6.07, 6.45) is 1.52. The van der Waals surface area contributed by atoms with Crippen molar-refractivity contribution in [2.75, 3.05) is 12.0 Å². The summed E-state index contributed by atoms with van der Waals surface area (Å²) in [5.74, 6) is -0.692. The molecule has 0 aliphatic rings. The first kappa shape index (κ1) is 39.2. The number of hydrogen-bond donors (Lipinski definition) is 5. The number of aliphatic hydroxyl groups excluding tert-OH is 1. The van der Waals surface area contributed by atoms with Gasteiger partial charge in [0.25, 0.3) is 0 Å². The molecule has 252 valence electrons. The number of aromatic nitrogens is 2. The first-order valence-corrected chi connectivity index (χ1v) is 17.0. The lowest BCUT2D eigenvalue weighted by atomic mass is 9.91. The average molecular weight is 641 g/mol. The van der Waals surface area contributed by atoms with E-state index >= 15 is 0 Å². The Morgan fingerprint density at radius 3 is 2.00 bits per heavy atom. The number of rotatable bonds is 19. The van der Waals surface area contributed by atoms with E-state index in [9.17, 15) is 24.3 Å². The average Bonchev–Trinajstić information content (AvgIpc) is 3.24. The van der Waals surface area contributed by atoms with Crippen LogP contribution in [0, 0.1) is 31.6 Å². The van der Waals surface area contributed by atoms with E-state index in [0.29, 0.717) is 25.0 Å². The van der Waals surface area contributed by atoms with Crippen LogP contribution in [-0.4, -0.2) is 81.0 Å². The van der Waals surface area contributed by atoms with E-state index in [2.05, 4.69) is 26.4 Å². The monoisotopic (exact) mass is 640 g/mol. The summed E-state index contributed by atoms with van der Waals surface area (Å²) in [6, 6.07) is -0.407. The normalized spacial score (nSPS) is 15.0. The molecule has 1 heterocycles. The predicted molar refractivity (Wildman–Crippen MR) is 174 cm³/mol. The van der Waals surface area contributed by atoms with E-state index < -0.39 is 42.1 Å². The summed E-state index contributed by atoms with van der Waals surface area (Å²) in [5.41, 5.74) is 1.65. The highest BCUT2D eigenvalue weighted by Gasteiger charge is 2.31. The number of alkyl carbamates (subject to hydrolysis) is 1. The fraction of sp³-hybridized carbons (Fsp3) is 0.774. The van der Waals surface area contributed by atoms with E-state index in [4.69, 9.17) is 4.74 Å². The first-order valence-electron chi connectivity index (χ1n) is 15.6. The molecule has 1 aromatic rings. The Morgan fingerprint density at radius 1 is 0.864 bits per heavy atom. The Morgan fingerprint density at radius 2 is 1.48 bits per heavy atom. The largest absolute Gasteiger partial charge is 0.426 e. The predicted octanol–water partition coefficient (Wildman–Crippen LogP) is 3.28. The highest BCUT2D eigenvalue weighted by atomic mass is 32.2. The quantitative estimate of drug-likeness (QED) is 0.154. The molecule has 0 saturated carbocycles. The molecule has 12 nitrogen and oxygen atoms in total. The Kier molecular flexibility index (Phi) is 17.4. The van der Waals surface area contributed by atoms with E-state index in [1.807, 2.05) is 67.7 Å². The number of amides is 4. The van der Waals surface area contributed by atoms with Gasteiger partial charge in [-0.25, -0.2) is 9.48 Å². The molecular formula is C31H56N6O6S. The number of ether oxygens (including phenoxy) is 1. The Bertz CT molecular complexity index is 1060. The number of nitrogens with one attached hydrogen (secondary N) is 4. The van der Waals surface area contributed by atoms with E-state index in [0.717, 1.165) is 11.4 Å². The molecule has 0 fully saturated rings. The minimum absolute atomic E-state index is 0.0605. The van der Waals surface area contributed by atoms with Crippen molar-refractivity contribution in [3.63, 3.8) is 0 Å². The number of hydrogen-bond acceptors (Lipinski definition) is 8. The van der Waals surface area contributed by atoms with E-state index in [1.165, 1.54) is 0 Å². The summed E-state index contributed by atoms with van der Waals surface area (Å²) >= 11 is 1.54. The Labute approximate surface area is 267 Å². The molecular weight excluding hydrogens is 584 g/mol. The third-order valence-corrected chi connectivity index (χ3v) is 7.62. The molecule has 5 atom stereocenters. The smallest absolute Gasteiger partial charge is 0.409 e. The van der Waals surface area contributed by atoms with Crippen molar-refractivity contribution in [2.45, 2.75) is 125 Å². The minimum Gasteiger partial charge on any atom is -0.426 e. The SMILES string of the molecule is CSCC[C@H](NC(=O)OCn1nc(C)cc1C)C(=O)N[C@@H](CC(C)C)[C@@H](O)C[C@@H](C)C(=O)N[C@@H](CC(C)C)C(=O)NC(C)C. The van der Waals surface area contributed by atoms with Gasteiger partial charge in [-0.05, 0) is 83.3 Å². The van der Waals surface area contributed by atoms with Crippen LogP contribution in [-0.2, 0) is 25.9 Å². The molecule has 4 amide bonds. The molecule has 0 saturated heterocycles. The summed E-state index contributed by atoms with van der Waals surface area (Å²) in [7, 11) is 0. The van der Waals surface area contributed by atoms with Crippen molar-refractivity contribution in [1.82, 2.24) is 31.0 Å². The van der Waals surface area contributed by atoms with Crippen molar-refractivity contribution in [3.8, 4) is 0 Å². The second-order valence-electron chi connectivity index (χ2n) is 12.8. The zero-order valence-corrected chi connectivity index (χ0v) is 29.0. The van der Waals surface area contributed by atoms with Crippen LogP contribution in [0.3, 0.4) is 0 Å². The number of thioether (sulfide) groups is 1. The lowest BCUT2D eigenvalue weighted by Gasteiger charge is -2.30. The van der Waals surface area contributed by atoms with Crippen molar-refractivity contribution >= 4 is 35.6 Å². The topological polar surface area (TPSA) is 164 Å². The molecule has 0 bridgehead atoms. The van der Waals surface area contributed by atoms with Gasteiger partial charge in [0, 0.05) is 17.7 Å². The zero-order chi connectivity index (χ0) is 33.6. The van der Waals surface area contributed by atoms with Crippen LogP contribution in [0.4, 0.5) is 4.79 Å². The van der Waals surface area contributed by atoms with E-state index in [1.54, 1.807) is 23.4 Å². The van der Waals surface area contributed by atoms with Crippen molar-refractivity contribution < 1.29 is 29.0 Å². The molecule has 13 heteroatoms. The van der Waals surface area contributed by atoms with Crippen LogP contribution in [0.1, 0.15) is 85.5 Å². The van der Waals surface area contributed by atoms with Gasteiger partial charge < -0.3 is 31.1 Å². The van der Waals surface area contributed by atoms with Crippen LogP contribution >= 0.6 is 11.8 Å². The summed E-state index contributed by atoms with van der Waals surface area (Å²) in [6.45, 7) is 17.0. The molecule has 0 spiro atoms. The number of carbonyl (C=O) groups is 4. The highest BCUT2D eigenvalue weighted by Crippen LogP contribution is 2.17. The summed E-state index contributed by atoms with van der Waals surface area (Å²) < 4.78 is 6.87. The van der Waals surface area contributed by atoms with Crippen molar-refractivity contribution in [3.05, 3.63) is 17.5 Å². The molecule has 0 unspecified atom stereocenters. The van der Waals surface area contributed by atoms with Gasteiger partial charge in [-0.1, -0.05) is 34.6 Å². The van der Waals surface area contributed by atoms with Crippen LogP contribution in [0.15, 0.2) is 6.07 Å². The van der Waals surface area contributed by atoms with Gasteiger partial charge in [0.2, 0.25) is 17.7 Å². The molecule has 0 aliphatic heterocycles. The maximum Gasteiger partial charge on any atom is 0.409 e. The second kappa shape index (κ2) is 19.6. The van der Waals surface area contributed by atoms with Crippen LogP contribution in [0.5, 0.6) is 0 Å². The van der Waals surface area contributed by atoms with Crippen LogP contribution in [0.2, 0.25) is 0 Å². The van der Waals surface area contributed by atoms with Gasteiger partial charge in [-0.3, -0.25) is 14.4 Å². The maximum absolute atomic E-state index is 13.4. The molecule has 0 aromatic carbocycles. The fourth-order valence-corrected chi connectivity index (χ4v) is 5.22.